The second-order valence-corrected chi connectivity index (χ2v) is 3.48. The van der Waals surface area contributed by atoms with E-state index in [1.807, 2.05) is 6.92 Å². The van der Waals surface area contributed by atoms with Crippen LogP contribution in [0.4, 0.5) is 0 Å². The Morgan fingerprint density at radius 3 is 2.31 bits per heavy atom. The van der Waals surface area contributed by atoms with Gasteiger partial charge in [0.05, 0.1) is 39.1 Å². The highest BCUT2D eigenvalue weighted by Crippen LogP contribution is 1.89. The monoisotopic (exact) mass is 235 g/mol. The lowest BCUT2D eigenvalue weighted by Crippen LogP contribution is -2.30. The Bertz CT molecular complexity index is 135. The van der Waals surface area contributed by atoms with Crippen LogP contribution in [0.15, 0.2) is 0 Å². The quantitative estimate of drug-likeness (QED) is 0.493. The largest absolute Gasteiger partial charge is 0.383 e. The first-order chi connectivity index (χ1) is 7.81. The summed E-state index contributed by atoms with van der Waals surface area (Å²) in [5.41, 5.74) is 0. The van der Waals surface area contributed by atoms with Crippen LogP contribution in [-0.4, -0.2) is 66.4 Å². The molecule has 0 radical (unpaired) electrons. The van der Waals surface area contributed by atoms with Crippen molar-refractivity contribution in [1.29, 1.82) is 0 Å². The molecule has 0 aromatic rings. The molecule has 0 amide bonds. The minimum atomic E-state index is 0.197. The molecule has 98 valence electrons. The van der Waals surface area contributed by atoms with E-state index in [4.69, 9.17) is 18.9 Å². The summed E-state index contributed by atoms with van der Waals surface area (Å²) in [6.45, 7) is 6.95. The Balaban J connectivity index is 3.08. The molecule has 0 aliphatic heterocycles. The van der Waals surface area contributed by atoms with Crippen molar-refractivity contribution >= 4 is 0 Å². The van der Waals surface area contributed by atoms with Gasteiger partial charge in [-0.2, -0.15) is 0 Å². The van der Waals surface area contributed by atoms with Gasteiger partial charge in [-0.3, -0.25) is 0 Å². The number of ether oxygens (including phenoxy) is 4. The van der Waals surface area contributed by atoms with E-state index >= 15 is 0 Å². The van der Waals surface area contributed by atoms with Gasteiger partial charge >= 0.3 is 0 Å². The van der Waals surface area contributed by atoms with E-state index in [2.05, 4.69) is 5.32 Å². The number of hydrogen-bond donors (Lipinski definition) is 1. The maximum atomic E-state index is 5.53. The highest BCUT2D eigenvalue weighted by molar-refractivity contribution is 4.54. The average molecular weight is 235 g/mol. The zero-order chi connectivity index (χ0) is 12.1. The normalized spacial score (nSPS) is 12.9. The van der Waals surface area contributed by atoms with Crippen molar-refractivity contribution in [3.8, 4) is 0 Å². The molecular formula is C11H25NO4. The zero-order valence-electron chi connectivity index (χ0n) is 10.7. The number of hydrogen-bond acceptors (Lipinski definition) is 5. The molecule has 0 aliphatic rings. The van der Waals surface area contributed by atoms with E-state index in [1.54, 1.807) is 14.2 Å². The van der Waals surface area contributed by atoms with E-state index < -0.39 is 0 Å². The summed E-state index contributed by atoms with van der Waals surface area (Å²) in [5, 5.41) is 3.24. The van der Waals surface area contributed by atoms with Crippen molar-refractivity contribution in [1.82, 2.24) is 5.32 Å². The molecule has 0 spiro atoms. The molecule has 0 aliphatic carbocycles. The molecule has 1 unspecified atom stereocenters. The molecule has 0 rings (SSSR count). The Kier molecular flexibility index (Phi) is 12.7. The van der Waals surface area contributed by atoms with Crippen LogP contribution in [0.25, 0.3) is 0 Å². The molecular weight excluding hydrogens is 210 g/mol. The van der Waals surface area contributed by atoms with Crippen molar-refractivity contribution in [2.24, 2.45) is 0 Å². The molecule has 5 nitrogen and oxygen atoms in total. The van der Waals surface area contributed by atoms with Crippen molar-refractivity contribution in [2.45, 2.75) is 13.0 Å². The Hall–Kier alpha value is -0.200. The van der Waals surface area contributed by atoms with Crippen LogP contribution in [0.1, 0.15) is 6.92 Å². The van der Waals surface area contributed by atoms with E-state index in [1.165, 1.54) is 0 Å². The number of methoxy groups -OCH3 is 2. The first-order valence-corrected chi connectivity index (χ1v) is 5.69. The van der Waals surface area contributed by atoms with Crippen LogP contribution in [0.2, 0.25) is 0 Å². The first kappa shape index (κ1) is 15.8. The molecule has 1 atom stereocenters. The smallest absolute Gasteiger partial charge is 0.0704 e. The van der Waals surface area contributed by atoms with Gasteiger partial charge in [0, 0.05) is 27.3 Å². The third-order valence-corrected chi connectivity index (χ3v) is 1.98. The van der Waals surface area contributed by atoms with Gasteiger partial charge < -0.3 is 24.3 Å². The van der Waals surface area contributed by atoms with Crippen molar-refractivity contribution in [3.63, 3.8) is 0 Å². The number of rotatable bonds is 12. The summed E-state index contributed by atoms with van der Waals surface area (Å²) in [4.78, 5) is 0. The fourth-order valence-corrected chi connectivity index (χ4v) is 1.09. The summed E-state index contributed by atoms with van der Waals surface area (Å²) in [6.07, 6.45) is 0.197. The molecule has 0 fully saturated rings. The standard InChI is InChI=1S/C11H25NO4/c1-11(10-12-4-5-13-2)16-9-8-15-7-6-14-3/h11-12H,4-10H2,1-3H3. The van der Waals surface area contributed by atoms with Gasteiger partial charge in [0.25, 0.3) is 0 Å². The fourth-order valence-electron chi connectivity index (χ4n) is 1.09. The summed E-state index contributed by atoms with van der Waals surface area (Å²) in [5.74, 6) is 0. The zero-order valence-corrected chi connectivity index (χ0v) is 10.7. The van der Waals surface area contributed by atoms with E-state index in [-0.39, 0.29) is 6.10 Å². The molecule has 0 aromatic carbocycles. The van der Waals surface area contributed by atoms with E-state index in [9.17, 15) is 0 Å². The minimum absolute atomic E-state index is 0.197. The van der Waals surface area contributed by atoms with Gasteiger partial charge in [-0.1, -0.05) is 0 Å². The van der Waals surface area contributed by atoms with Crippen molar-refractivity contribution < 1.29 is 18.9 Å². The summed E-state index contributed by atoms with van der Waals surface area (Å²) < 4.78 is 20.6. The first-order valence-electron chi connectivity index (χ1n) is 5.69. The van der Waals surface area contributed by atoms with Gasteiger partial charge in [0.2, 0.25) is 0 Å². The minimum Gasteiger partial charge on any atom is -0.383 e. The third-order valence-electron chi connectivity index (χ3n) is 1.98. The summed E-state index contributed by atoms with van der Waals surface area (Å²) in [7, 11) is 3.35. The predicted molar refractivity (Wildman–Crippen MR) is 62.9 cm³/mol. The van der Waals surface area contributed by atoms with Crippen molar-refractivity contribution in [3.05, 3.63) is 0 Å². The SMILES string of the molecule is COCCNCC(C)OCCOCCOC. The van der Waals surface area contributed by atoms with Crippen LogP contribution in [0.3, 0.4) is 0 Å². The van der Waals surface area contributed by atoms with E-state index in [0.29, 0.717) is 26.4 Å². The fraction of sp³-hybridized carbons (Fsp3) is 1.00. The summed E-state index contributed by atoms with van der Waals surface area (Å²) >= 11 is 0. The lowest BCUT2D eigenvalue weighted by atomic mass is 10.4. The van der Waals surface area contributed by atoms with Gasteiger partial charge in [-0.05, 0) is 6.92 Å². The van der Waals surface area contributed by atoms with Crippen molar-refractivity contribution in [2.75, 3.05) is 60.3 Å². The Morgan fingerprint density at radius 1 is 0.938 bits per heavy atom. The molecule has 0 aromatic heterocycles. The molecule has 5 heteroatoms. The van der Waals surface area contributed by atoms with Crippen LogP contribution in [0.5, 0.6) is 0 Å². The van der Waals surface area contributed by atoms with Gasteiger partial charge in [-0.25, -0.2) is 0 Å². The van der Waals surface area contributed by atoms with Crippen LogP contribution < -0.4 is 5.32 Å². The Morgan fingerprint density at radius 2 is 1.62 bits per heavy atom. The average Bonchev–Trinajstić information content (AvgIpc) is 2.29. The molecule has 16 heavy (non-hydrogen) atoms. The van der Waals surface area contributed by atoms with Gasteiger partial charge in [-0.15, -0.1) is 0 Å². The second-order valence-electron chi connectivity index (χ2n) is 3.48. The molecule has 0 saturated carbocycles. The highest BCUT2D eigenvalue weighted by atomic mass is 16.5. The molecule has 0 bridgehead atoms. The predicted octanol–water partition coefficient (Wildman–Crippen LogP) is 0.291. The van der Waals surface area contributed by atoms with Gasteiger partial charge in [0.1, 0.15) is 0 Å². The molecule has 0 heterocycles. The third kappa shape index (κ3) is 11.9. The highest BCUT2D eigenvalue weighted by Gasteiger charge is 2.00. The maximum absolute atomic E-state index is 5.53. The summed E-state index contributed by atoms with van der Waals surface area (Å²) in [6, 6.07) is 0. The van der Waals surface area contributed by atoms with Crippen LogP contribution >= 0.6 is 0 Å². The molecule has 1 N–H and O–H groups in total. The lowest BCUT2D eigenvalue weighted by Gasteiger charge is -2.13. The van der Waals surface area contributed by atoms with E-state index in [0.717, 1.165) is 19.7 Å². The lowest BCUT2D eigenvalue weighted by molar-refractivity contribution is -0.000194. The van der Waals surface area contributed by atoms with Gasteiger partial charge in [0.15, 0.2) is 0 Å². The Labute approximate surface area is 98.4 Å². The molecule has 0 saturated heterocycles. The second kappa shape index (κ2) is 12.9. The number of nitrogens with one attached hydrogen (secondary N) is 1. The van der Waals surface area contributed by atoms with Crippen LogP contribution in [-0.2, 0) is 18.9 Å². The van der Waals surface area contributed by atoms with Crippen LogP contribution in [0, 0.1) is 0 Å². The topological polar surface area (TPSA) is 49.0 Å². The maximum Gasteiger partial charge on any atom is 0.0704 e.